The minimum atomic E-state index is -3.90. The lowest BCUT2D eigenvalue weighted by Crippen LogP contribution is -2.26. The van der Waals surface area contributed by atoms with Crippen molar-refractivity contribution < 1.29 is 27.8 Å². The van der Waals surface area contributed by atoms with Crippen molar-refractivity contribution in [2.75, 3.05) is 20.3 Å². The summed E-state index contributed by atoms with van der Waals surface area (Å²) in [6, 6.07) is 11.9. The number of ether oxygens (including phenoxy) is 2. The number of hydrogen-bond donors (Lipinski definition) is 2. The summed E-state index contributed by atoms with van der Waals surface area (Å²) in [6.07, 6.45) is 0.761. The highest BCUT2D eigenvalue weighted by Gasteiger charge is 2.20. The van der Waals surface area contributed by atoms with Crippen LogP contribution in [0.25, 0.3) is 0 Å². The van der Waals surface area contributed by atoms with Gasteiger partial charge < -0.3 is 14.6 Å². The summed E-state index contributed by atoms with van der Waals surface area (Å²) in [5.74, 6) is 0.170. The molecule has 8 nitrogen and oxygen atoms in total. The molecule has 0 bridgehead atoms. The third kappa shape index (κ3) is 6.97. The zero-order valence-corrected chi connectivity index (χ0v) is 19.2. The van der Waals surface area contributed by atoms with E-state index in [9.17, 15) is 13.2 Å². The Bertz CT molecular complexity index is 1090. The minimum absolute atomic E-state index is 0.0165. The van der Waals surface area contributed by atoms with Crippen molar-refractivity contribution in [1.29, 1.82) is 5.26 Å². The molecule has 2 aromatic carbocycles. The molecule has 0 aliphatic rings. The standard InChI is InChI=1S/C23H28N2O6S/c1-16(2)19-8-7-18(21(14-19)31-12-4-5-23(26)27)10-11-25-32(28,29)22-13-17(15-24)6-9-20(22)30-3/h6-9,13-14,16,25H,4-5,10-12H2,1-3H3,(H,26,27). The van der Waals surface area contributed by atoms with E-state index in [0.717, 1.165) is 11.1 Å². The number of methoxy groups -OCH3 is 1. The van der Waals surface area contributed by atoms with Gasteiger partial charge in [-0.05, 0) is 54.2 Å². The second kappa shape index (κ2) is 11.5. The molecule has 0 aliphatic carbocycles. The zero-order valence-electron chi connectivity index (χ0n) is 18.4. The van der Waals surface area contributed by atoms with Gasteiger partial charge in [-0.25, -0.2) is 13.1 Å². The Hall–Kier alpha value is -3.09. The van der Waals surface area contributed by atoms with E-state index in [-0.39, 0.29) is 41.7 Å². The lowest BCUT2D eigenvalue weighted by Gasteiger charge is -2.15. The molecular formula is C23H28N2O6S. The van der Waals surface area contributed by atoms with E-state index in [1.807, 2.05) is 24.3 Å². The van der Waals surface area contributed by atoms with Gasteiger partial charge in [0.1, 0.15) is 16.4 Å². The van der Waals surface area contributed by atoms with E-state index in [1.54, 1.807) is 0 Å². The number of carboxylic acids is 1. The predicted octanol–water partition coefficient (Wildman–Crippen LogP) is 3.45. The lowest BCUT2D eigenvalue weighted by molar-refractivity contribution is -0.137. The van der Waals surface area contributed by atoms with E-state index in [0.29, 0.717) is 18.6 Å². The number of sulfonamides is 1. The predicted molar refractivity (Wildman–Crippen MR) is 119 cm³/mol. The van der Waals surface area contributed by atoms with Crippen LogP contribution in [0.15, 0.2) is 41.3 Å². The van der Waals surface area contributed by atoms with Crippen molar-refractivity contribution in [2.45, 2.75) is 43.9 Å². The Morgan fingerprint density at radius 1 is 1.19 bits per heavy atom. The molecule has 0 saturated heterocycles. The largest absolute Gasteiger partial charge is 0.495 e. The van der Waals surface area contributed by atoms with Crippen molar-refractivity contribution in [3.05, 3.63) is 53.1 Å². The van der Waals surface area contributed by atoms with Gasteiger partial charge in [-0.3, -0.25) is 4.79 Å². The van der Waals surface area contributed by atoms with Crippen molar-refractivity contribution in [2.24, 2.45) is 0 Å². The molecule has 0 saturated carbocycles. The van der Waals surface area contributed by atoms with Gasteiger partial charge >= 0.3 is 5.97 Å². The first-order chi connectivity index (χ1) is 15.2. The first kappa shape index (κ1) is 25.2. The van der Waals surface area contributed by atoms with Gasteiger partial charge in [0, 0.05) is 13.0 Å². The van der Waals surface area contributed by atoms with Crippen molar-refractivity contribution in [3.8, 4) is 17.6 Å². The van der Waals surface area contributed by atoms with Gasteiger partial charge in [0.05, 0.1) is 25.3 Å². The number of nitriles is 1. The summed E-state index contributed by atoms with van der Waals surface area (Å²) < 4.78 is 39.1. The Balaban J connectivity index is 2.14. The molecule has 0 radical (unpaired) electrons. The number of hydrogen-bond acceptors (Lipinski definition) is 6. The van der Waals surface area contributed by atoms with E-state index in [2.05, 4.69) is 18.6 Å². The van der Waals surface area contributed by atoms with Crippen LogP contribution in [-0.4, -0.2) is 39.8 Å². The van der Waals surface area contributed by atoms with Crippen molar-refractivity contribution >= 4 is 16.0 Å². The molecule has 2 rings (SSSR count). The summed E-state index contributed by atoms with van der Waals surface area (Å²) in [6.45, 7) is 4.47. The molecular weight excluding hydrogens is 432 g/mol. The molecule has 0 fully saturated rings. The Labute approximate surface area is 188 Å². The van der Waals surface area contributed by atoms with Gasteiger partial charge in [0.15, 0.2) is 0 Å². The van der Waals surface area contributed by atoms with Crippen molar-refractivity contribution in [3.63, 3.8) is 0 Å². The van der Waals surface area contributed by atoms with Crippen LogP contribution in [0.1, 0.15) is 49.3 Å². The van der Waals surface area contributed by atoms with Crippen LogP contribution in [0.4, 0.5) is 0 Å². The number of carboxylic acid groups (broad SMARTS) is 1. The molecule has 0 unspecified atom stereocenters. The fraction of sp³-hybridized carbons (Fsp3) is 0.391. The molecule has 9 heteroatoms. The quantitative estimate of drug-likeness (QED) is 0.465. The van der Waals surface area contributed by atoms with Crippen LogP contribution in [-0.2, 0) is 21.2 Å². The normalized spacial score (nSPS) is 11.2. The van der Waals surface area contributed by atoms with E-state index in [1.165, 1.54) is 25.3 Å². The molecule has 2 N–H and O–H groups in total. The molecule has 0 spiro atoms. The van der Waals surface area contributed by atoms with Crippen LogP contribution in [0.2, 0.25) is 0 Å². The summed E-state index contributed by atoms with van der Waals surface area (Å²) in [5, 5.41) is 17.9. The third-order valence-corrected chi connectivity index (χ3v) is 6.30. The van der Waals surface area contributed by atoms with Crippen LogP contribution < -0.4 is 14.2 Å². The number of carbonyl (C=O) groups is 1. The summed E-state index contributed by atoms with van der Waals surface area (Å²) >= 11 is 0. The highest BCUT2D eigenvalue weighted by Crippen LogP contribution is 2.27. The molecule has 0 heterocycles. The van der Waals surface area contributed by atoms with E-state index >= 15 is 0 Å². The van der Waals surface area contributed by atoms with Gasteiger partial charge in [0.2, 0.25) is 10.0 Å². The first-order valence-electron chi connectivity index (χ1n) is 10.2. The van der Waals surface area contributed by atoms with Crippen molar-refractivity contribution in [1.82, 2.24) is 4.72 Å². The summed E-state index contributed by atoms with van der Waals surface area (Å²) in [7, 11) is -2.54. The number of aliphatic carboxylic acids is 1. The van der Waals surface area contributed by atoms with Crippen LogP contribution in [0.3, 0.4) is 0 Å². The molecule has 0 atom stereocenters. The Morgan fingerprint density at radius 3 is 2.56 bits per heavy atom. The zero-order chi connectivity index (χ0) is 23.7. The first-order valence-corrected chi connectivity index (χ1v) is 11.7. The number of benzene rings is 2. The van der Waals surface area contributed by atoms with E-state index < -0.39 is 16.0 Å². The SMILES string of the molecule is COc1ccc(C#N)cc1S(=O)(=O)NCCc1ccc(C(C)C)cc1OCCCC(=O)O. The number of rotatable bonds is 12. The highest BCUT2D eigenvalue weighted by atomic mass is 32.2. The summed E-state index contributed by atoms with van der Waals surface area (Å²) in [5.41, 5.74) is 2.10. The maximum absolute atomic E-state index is 12.8. The van der Waals surface area contributed by atoms with Crippen LogP contribution >= 0.6 is 0 Å². The third-order valence-electron chi connectivity index (χ3n) is 4.82. The smallest absolute Gasteiger partial charge is 0.303 e. The maximum Gasteiger partial charge on any atom is 0.303 e. The van der Waals surface area contributed by atoms with Gasteiger partial charge in [-0.15, -0.1) is 0 Å². The maximum atomic E-state index is 12.8. The van der Waals surface area contributed by atoms with Gasteiger partial charge in [-0.1, -0.05) is 26.0 Å². The Kier molecular flexibility index (Phi) is 9.05. The fourth-order valence-corrected chi connectivity index (χ4v) is 4.26. The lowest BCUT2D eigenvalue weighted by atomic mass is 10.00. The molecule has 0 amide bonds. The monoisotopic (exact) mass is 460 g/mol. The highest BCUT2D eigenvalue weighted by molar-refractivity contribution is 7.89. The second-order valence-electron chi connectivity index (χ2n) is 7.49. The molecule has 0 aromatic heterocycles. The topological polar surface area (TPSA) is 126 Å². The molecule has 2 aromatic rings. The van der Waals surface area contributed by atoms with Crippen LogP contribution in [0.5, 0.6) is 11.5 Å². The van der Waals surface area contributed by atoms with Crippen LogP contribution in [0, 0.1) is 11.3 Å². The molecule has 172 valence electrons. The molecule has 32 heavy (non-hydrogen) atoms. The average molecular weight is 461 g/mol. The minimum Gasteiger partial charge on any atom is -0.495 e. The number of nitrogens with one attached hydrogen (secondary N) is 1. The Morgan fingerprint density at radius 2 is 1.94 bits per heavy atom. The average Bonchev–Trinajstić information content (AvgIpc) is 2.76. The van der Waals surface area contributed by atoms with E-state index in [4.69, 9.17) is 19.8 Å². The second-order valence-corrected chi connectivity index (χ2v) is 9.23. The van der Waals surface area contributed by atoms with Gasteiger partial charge in [-0.2, -0.15) is 5.26 Å². The number of nitrogens with zero attached hydrogens (tertiary/aromatic N) is 1. The molecule has 0 aliphatic heterocycles. The summed E-state index contributed by atoms with van der Waals surface area (Å²) in [4.78, 5) is 10.6. The fourth-order valence-electron chi connectivity index (χ4n) is 3.03. The van der Waals surface area contributed by atoms with Gasteiger partial charge in [0.25, 0.3) is 0 Å².